The Hall–Kier alpha value is -5.40. The molecular weight excluding hydrogens is 916 g/mol. The van der Waals surface area contributed by atoms with Crippen LogP contribution < -0.4 is 86.5 Å². The van der Waals surface area contributed by atoms with Gasteiger partial charge in [0.25, 0.3) is 0 Å². The number of esters is 1. The third-order valence-electron chi connectivity index (χ3n) is 8.50. The number of carbonyl (C=O) groups is 2. The van der Waals surface area contributed by atoms with Gasteiger partial charge in [-0.1, -0.05) is 90.6 Å². The van der Waals surface area contributed by atoms with E-state index in [4.69, 9.17) is 29.4 Å². The molecule has 0 bridgehead atoms. The Labute approximate surface area is 468 Å². The summed E-state index contributed by atoms with van der Waals surface area (Å²) in [6.07, 6.45) is 15.9. The molecule has 0 aliphatic heterocycles. The Morgan fingerprint density at radius 3 is 1.38 bits per heavy atom. The summed E-state index contributed by atoms with van der Waals surface area (Å²) in [7, 11) is 0. The maximum absolute atomic E-state index is 12.2. The average molecular weight is 995 g/mol. The van der Waals surface area contributed by atoms with Gasteiger partial charge in [-0.25, -0.2) is 4.79 Å². The number of benzene rings is 4. The number of ether oxygens (including phenoxy) is 5. The molecule has 0 radical (unpaired) electrons. The molecule has 0 spiro atoms. The number of nitrogens with one attached hydrogen (secondary N) is 1. The van der Waals surface area contributed by atoms with Crippen LogP contribution in [0.25, 0.3) is 12.2 Å². The van der Waals surface area contributed by atoms with E-state index in [2.05, 4.69) is 5.32 Å². The molecule has 0 heterocycles. The van der Waals surface area contributed by atoms with E-state index in [0.29, 0.717) is 42.8 Å². The van der Waals surface area contributed by atoms with Crippen LogP contribution in [0, 0.1) is 13.8 Å². The van der Waals surface area contributed by atoms with E-state index in [1.807, 2.05) is 192 Å². The predicted octanol–water partition coefficient (Wildman–Crippen LogP) is 10.9. The summed E-state index contributed by atoms with van der Waals surface area (Å²) in [6, 6.07) is 26.7. The SMILES string of the molecule is CC(C)(C)[O-].CC(C)=CCOC(=O)/C=C/c1ccc(OCC=C(C)C)c(OCC=C(C)C)c1.CC(C)=CCOc1ccc(/C=C/C(=O)Nc2ccc(C)cc2)cc1OC=C(C)C.Cc1ccc(N)cc1.[K+]. The fourth-order valence-corrected chi connectivity index (χ4v) is 4.84. The molecule has 0 aliphatic rings. The van der Waals surface area contributed by atoms with Gasteiger partial charge < -0.3 is 39.8 Å². The van der Waals surface area contributed by atoms with Crippen LogP contribution >= 0.6 is 0 Å². The fourth-order valence-electron chi connectivity index (χ4n) is 4.84. The van der Waals surface area contributed by atoms with Crippen molar-refractivity contribution in [3.63, 3.8) is 0 Å². The molecule has 0 aliphatic carbocycles. The van der Waals surface area contributed by atoms with E-state index < -0.39 is 5.60 Å². The number of rotatable bonds is 18. The number of nitrogens with two attached hydrogens (primary N) is 1. The van der Waals surface area contributed by atoms with E-state index in [1.54, 1.807) is 39.2 Å². The minimum atomic E-state index is -0.750. The molecule has 0 aromatic heterocycles. The Morgan fingerprint density at radius 1 is 0.549 bits per heavy atom. The van der Waals surface area contributed by atoms with Crippen LogP contribution in [0.3, 0.4) is 0 Å². The molecule has 4 rings (SSSR count). The van der Waals surface area contributed by atoms with Crippen molar-refractivity contribution in [1.82, 2.24) is 0 Å². The third-order valence-corrected chi connectivity index (χ3v) is 8.50. The zero-order chi connectivity index (χ0) is 52.6. The van der Waals surface area contributed by atoms with E-state index in [-0.39, 0.29) is 69.9 Å². The first-order chi connectivity index (χ1) is 32.9. The van der Waals surface area contributed by atoms with Gasteiger partial charge in [0.05, 0.1) is 6.26 Å². The van der Waals surface area contributed by atoms with Gasteiger partial charge in [-0.15, -0.1) is 5.60 Å². The molecule has 0 unspecified atom stereocenters. The molecule has 10 nitrogen and oxygen atoms in total. The van der Waals surface area contributed by atoms with Crippen LogP contribution in [-0.4, -0.2) is 43.9 Å². The average Bonchev–Trinajstić information content (AvgIpc) is 3.26. The van der Waals surface area contributed by atoms with Crippen molar-refractivity contribution in [2.75, 3.05) is 37.5 Å². The summed E-state index contributed by atoms with van der Waals surface area (Å²) in [5, 5.41) is 13.0. The van der Waals surface area contributed by atoms with Gasteiger partial charge >= 0.3 is 57.4 Å². The van der Waals surface area contributed by atoms with E-state index in [9.17, 15) is 14.7 Å². The Bertz CT molecular complexity index is 2390. The molecule has 378 valence electrons. The van der Waals surface area contributed by atoms with E-state index in [1.165, 1.54) is 34.4 Å². The van der Waals surface area contributed by atoms with Crippen LogP contribution in [0.15, 0.2) is 156 Å². The van der Waals surface area contributed by atoms with Gasteiger partial charge in [0.1, 0.15) is 26.4 Å². The number of anilines is 2. The van der Waals surface area contributed by atoms with Gasteiger partial charge in [0.2, 0.25) is 5.91 Å². The van der Waals surface area contributed by atoms with Crippen molar-refractivity contribution in [2.45, 2.75) is 109 Å². The molecule has 1 amide bonds. The topological polar surface area (TPSA) is 141 Å². The number of hydrogen-bond donors (Lipinski definition) is 2. The second-order valence-corrected chi connectivity index (χ2v) is 18.5. The smallest absolute Gasteiger partial charge is 0.850 e. The second kappa shape index (κ2) is 36.5. The molecule has 0 saturated carbocycles. The normalized spacial score (nSPS) is 10.1. The van der Waals surface area contributed by atoms with Crippen molar-refractivity contribution < 1.29 is 89.8 Å². The number of amides is 1. The van der Waals surface area contributed by atoms with E-state index >= 15 is 0 Å². The standard InChI is InChI=1S/C25H29NO3.C24H32O4.C7H9N.C4H9O.K/c1-18(2)14-15-28-23-12-8-21(16-24(23)29-17-19(3)4)9-13-25(27)26-22-10-6-20(5)7-11-22;1-18(2)11-14-26-22-9-7-21(17-23(22)27-15-12-19(3)4)8-10-24(25)28-16-13-20(5)6;1-6-2-4-7(8)5-3-6;1-4(2,3)5;/h6-14,16-17H,15H2,1-5H3,(H,26,27);7-13,17H,14-16H2,1-6H3;2-5H,8H2,1H3;1-3H3;/q;;;-1;+1/b13-9+;10-8+;;;. The van der Waals surface area contributed by atoms with Crippen molar-refractivity contribution in [1.29, 1.82) is 0 Å². The van der Waals surface area contributed by atoms with Gasteiger partial charge in [-0.3, -0.25) is 4.79 Å². The van der Waals surface area contributed by atoms with Crippen LogP contribution in [-0.2, 0) is 14.3 Å². The summed E-state index contributed by atoms with van der Waals surface area (Å²) >= 11 is 0. The molecule has 11 heteroatoms. The monoisotopic (exact) mass is 995 g/mol. The zero-order valence-corrected chi connectivity index (χ0v) is 48.6. The first kappa shape index (κ1) is 65.6. The Balaban J connectivity index is 0.00000109. The first-order valence-corrected chi connectivity index (χ1v) is 23.3. The van der Waals surface area contributed by atoms with Crippen molar-refractivity contribution in [3.05, 3.63) is 178 Å². The maximum atomic E-state index is 12.2. The fraction of sp³-hybridized carbons (Fsp3) is 0.333. The Morgan fingerprint density at radius 2 is 0.944 bits per heavy atom. The van der Waals surface area contributed by atoms with Crippen molar-refractivity contribution in [2.24, 2.45) is 0 Å². The van der Waals surface area contributed by atoms with Crippen LogP contribution in [0.1, 0.15) is 112 Å². The number of aryl methyl sites for hydroxylation is 2. The quantitative estimate of drug-likeness (QED) is 0.0249. The summed E-state index contributed by atoms with van der Waals surface area (Å²) in [5.41, 5.74) is 16.1. The number of allylic oxidation sites excluding steroid dienone is 5. The zero-order valence-electron chi connectivity index (χ0n) is 45.5. The van der Waals surface area contributed by atoms with Crippen molar-refractivity contribution >= 4 is 35.4 Å². The minimum absolute atomic E-state index is 0. The van der Waals surface area contributed by atoms with Crippen LogP contribution in [0.2, 0.25) is 0 Å². The van der Waals surface area contributed by atoms with Gasteiger partial charge in [0.15, 0.2) is 23.0 Å². The first-order valence-electron chi connectivity index (χ1n) is 23.3. The maximum Gasteiger partial charge on any atom is 1.00 e. The second-order valence-electron chi connectivity index (χ2n) is 18.5. The molecular formula is C60H79KN2O8. The minimum Gasteiger partial charge on any atom is -0.850 e. The number of hydrogen-bond acceptors (Lipinski definition) is 9. The number of nitrogen functional groups attached to an aromatic ring is 1. The third kappa shape index (κ3) is 36.2. The number of carbonyl (C=O) groups excluding carboxylic acids is 2. The largest absolute Gasteiger partial charge is 1.00 e. The summed E-state index contributed by atoms with van der Waals surface area (Å²) in [5.74, 6) is 2.00. The summed E-state index contributed by atoms with van der Waals surface area (Å²) in [4.78, 5) is 24.0. The van der Waals surface area contributed by atoms with Gasteiger partial charge in [0, 0.05) is 23.5 Å². The Kier molecular flexibility index (Phi) is 33.7. The molecule has 71 heavy (non-hydrogen) atoms. The molecule has 0 atom stereocenters. The van der Waals surface area contributed by atoms with Crippen molar-refractivity contribution in [3.8, 4) is 23.0 Å². The van der Waals surface area contributed by atoms with Crippen LogP contribution in [0.4, 0.5) is 11.4 Å². The molecule has 4 aromatic rings. The molecule has 4 aromatic carbocycles. The molecule has 0 fully saturated rings. The van der Waals surface area contributed by atoms with Gasteiger partial charge in [-0.2, -0.15) is 0 Å². The summed E-state index contributed by atoms with van der Waals surface area (Å²) < 4.78 is 28.4. The molecule has 0 saturated heterocycles. The van der Waals surface area contributed by atoms with Gasteiger partial charge in [-0.05, 0) is 185 Å². The van der Waals surface area contributed by atoms with Crippen LogP contribution in [0.5, 0.6) is 23.0 Å². The van der Waals surface area contributed by atoms with E-state index in [0.717, 1.165) is 39.2 Å². The predicted molar refractivity (Wildman–Crippen MR) is 291 cm³/mol. The summed E-state index contributed by atoms with van der Waals surface area (Å²) in [6.45, 7) is 30.6. The molecule has 3 N–H and O–H groups in total.